The van der Waals surface area contributed by atoms with Crippen molar-refractivity contribution in [1.29, 1.82) is 0 Å². The Bertz CT molecular complexity index is 655. The predicted molar refractivity (Wildman–Crippen MR) is 82.5 cm³/mol. The lowest BCUT2D eigenvalue weighted by Gasteiger charge is -2.32. The zero-order valence-electron chi connectivity index (χ0n) is 11.9. The summed E-state index contributed by atoms with van der Waals surface area (Å²) >= 11 is 1.59. The normalized spacial score (nSPS) is 19.2. The van der Waals surface area contributed by atoms with Crippen LogP contribution < -0.4 is 5.32 Å². The van der Waals surface area contributed by atoms with Gasteiger partial charge in [-0.1, -0.05) is 0 Å². The number of anilines is 1. The summed E-state index contributed by atoms with van der Waals surface area (Å²) in [5.74, 6) is 0.762. The second-order valence-electron chi connectivity index (χ2n) is 5.21. The monoisotopic (exact) mass is 306 g/mol. The molecule has 1 amide bonds. The van der Waals surface area contributed by atoms with Gasteiger partial charge in [-0.2, -0.15) is 0 Å². The molecule has 0 radical (unpaired) electrons. The number of aliphatic hydroxyl groups is 1. The van der Waals surface area contributed by atoms with E-state index in [-0.39, 0.29) is 18.6 Å². The molecular formula is C14H18N4O2S. The summed E-state index contributed by atoms with van der Waals surface area (Å²) in [6, 6.07) is -0.272. The van der Waals surface area contributed by atoms with Crippen LogP contribution in [0.3, 0.4) is 0 Å². The quantitative estimate of drug-likeness (QED) is 0.892. The van der Waals surface area contributed by atoms with Gasteiger partial charge in [0.05, 0.1) is 16.8 Å². The number of nitrogens with zero attached hydrogens (tertiary/aromatic N) is 3. The first kappa shape index (κ1) is 14.2. The van der Waals surface area contributed by atoms with Crippen LogP contribution in [0.4, 0.5) is 5.82 Å². The molecule has 0 spiro atoms. The van der Waals surface area contributed by atoms with Crippen molar-refractivity contribution in [2.45, 2.75) is 25.8 Å². The Morgan fingerprint density at radius 1 is 1.52 bits per heavy atom. The van der Waals surface area contributed by atoms with E-state index in [4.69, 9.17) is 5.11 Å². The van der Waals surface area contributed by atoms with Gasteiger partial charge in [0.2, 0.25) is 5.91 Å². The van der Waals surface area contributed by atoms with Crippen molar-refractivity contribution in [1.82, 2.24) is 14.9 Å². The van der Waals surface area contributed by atoms with Crippen molar-refractivity contribution in [2.75, 3.05) is 25.0 Å². The Morgan fingerprint density at radius 2 is 2.38 bits per heavy atom. The van der Waals surface area contributed by atoms with Crippen LogP contribution in [-0.4, -0.2) is 51.6 Å². The number of aryl methyl sites for hydroxylation is 1. The molecule has 2 aromatic heterocycles. The smallest absolute Gasteiger partial charge is 0.245 e. The van der Waals surface area contributed by atoms with E-state index in [9.17, 15) is 4.79 Å². The minimum atomic E-state index is -0.272. The molecule has 6 nitrogen and oxygen atoms in total. The Hall–Kier alpha value is -1.73. The number of nitrogens with one attached hydrogen (secondary N) is 1. The number of hydrogen-bond acceptors (Lipinski definition) is 6. The van der Waals surface area contributed by atoms with Gasteiger partial charge in [0, 0.05) is 13.1 Å². The summed E-state index contributed by atoms with van der Waals surface area (Å²) < 4.78 is 0.988. The molecule has 3 heterocycles. The van der Waals surface area contributed by atoms with Crippen molar-refractivity contribution in [3.05, 3.63) is 17.3 Å². The fraction of sp³-hybridized carbons (Fsp3) is 0.500. The number of likely N-dealkylation sites (tertiary alicyclic amines) is 1. The van der Waals surface area contributed by atoms with Gasteiger partial charge in [0.1, 0.15) is 18.2 Å². The number of thiophene rings is 1. The molecule has 21 heavy (non-hydrogen) atoms. The van der Waals surface area contributed by atoms with Gasteiger partial charge >= 0.3 is 0 Å². The van der Waals surface area contributed by atoms with Gasteiger partial charge in [-0.3, -0.25) is 4.79 Å². The van der Waals surface area contributed by atoms with Crippen molar-refractivity contribution in [2.24, 2.45) is 0 Å². The van der Waals surface area contributed by atoms with Crippen molar-refractivity contribution < 1.29 is 9.90 Å². The van der Waals surface area contributed by atoms with Crippen LogP contribution in [0.5, 0.6) is 0 Å². The second-order valence-corrected chi connectivity index (χ2v) is 6.09. The summed E-state index contributed by atoms with van der Waals surface area (Å²) in [5.41, 5.74) is 2.06. The van der Waals surface area contributed by atoms with Crippen LogP contribution >= 0.6 is 11.3 Å². The van der Waals surface area contributed by atoms with Gasteiger partial charge in [0.15, 0.2) is 0 Å². The maximum absolute atomic E-state index is 12.4. The van der Waals surface area contributed by atoms with Crippen molar-refractivity contribution in [3.8, 4) is 0 Å². The maximum atomic E-state index is 12.4. The molecule has 1 saturated heterocycles. The molecule has 1 aliphatic heterocycles. The molecule has 3 rings (SSSR count). The number of β-amino-alcohol motifs (C(OH)–C–C–N with tert-alkyl or cyclic N) is 1. The summed E-state index contributed by atoms with van der Waals surface area (Å²) in [5, 5.41) is 14.3. The third-order valence-corrected chi connectivity index (χ3v) is 4.84. The molecule has 1 atom stereocenters. The minimum absolute atomic E-state index is 0.000329. The summed E-state index contributed by atoms with van der Waals surface area (Å²) in [6.45, 7) is 3.13. The predicted octanol–water partition coefficient (Wildman–Crippen LogP) is 1.39. The number of rotatable bonds is 4. The van der Waals surface area contributed by atoms with Crippen LogP contribution in [-0.2, 0) is 4.79 Å². The number of carbonyl (C=O) groups excluding carboxylic acids is 1. The Kier molecular flexibility index (Phi) is 4.03. The minimum Gasteiger partial charge on any atom is -0.395 e. The SMILES string of the molecule is Cc1csc2c(NC3CCCN(CCO)C3=O)ncnc12. The molecule has 0 aromatic carbocycles. The Balaban J connectivity index is 1.83. The van der Waals surface area contributed by atoms with E-state index in [2.05, 4.69) is 15.3 Å². The molecule has 7 heteroatoms. The van der Waals surface area contributed by atoms with Gasteiger partial charge in [-0.15, -0.1) is 11.3 Å². The lowest BCUT2D eigenvalue weighted by molar-refractivity contribution is -0.134. The zero-order chi connectivity index (χ0) is 14.8. The molecule has 112 valence electrons. The Morgan fingerprint density at radius 3 is 3.19 bits per heavy atom. The average Bonchev–Trinajstić information content (AvgIpc) is 2.86. The number of aromatic nitrogens is 2. The molecule has 0 aliphatic carbocycles. The summed E-state index contributed by atoms with van der Waals surface area (Å²) in [6.07, 6.45) is 3.25. The van der Waals surface area contributed by atoms with Gasteiger partial charge in [-0.25, -0.2) is 9.97 Å². The first-order chi connectivity index (χ1) is 10.2. The second kappa shape index (κ2) is 5.95. The van der Waals surface area contributed by atoms with Crippen LogP contribution in [0.25, 0.3) is 10.2 Å². The van der Waals surface area contributed by atoms with Crippen LogP contribution in [0.15, 0.2) is 11.7 Å². The number of fused-ring (bicyclic) bond motifs is 1. The van der Waals surface area contributed by atoms with Gasteiger partial charge < -0.3 is 15.3 Å². The molecule has 1 fully saturated rings. The number of aliphatic hydroxyl groups excluding tert-OH is 1. The van der Waals surface area contributed by atoms with Crippen molar-refractivity contribution >= 4 is 33.3 Å². The highest BCUT2D eigenvalue weighted by Gasteiger charge is 2.29. The molecular weight excluding hydrogens is 288 g/mol. The maximum Gasteiger partial charge on any atom is 0.245 e. The Labute approximate surface area is 126 Å². The number of carbonyl (C=O) groups is 1. The summed E-state index contributed by atoms with van der Waals surface area (Å²) in [7, 11) is 0. The van der Waals surface area contributed by atoms with E-state index in [1.165, 1.54) is 6.33 Å². The highest BCUT2D eigenvalue weighted by atomic mass is 32.1. The highest BCUT2D eigenvalue weighted by Crippen LogP contribution is 2.29. The third kappa shape index (κ3) is 2.71. The van der Waals surface area contributed by atoms with E-state index in [0.29, 0.717) is 6.54 Å². The van der Waals surface area contributed by atoms with E-state index in [1.807, 2.05) is 12.3 Å². The van der Waals surface area contributed by atoms with Crippen LogP contribution in [0.1, 0.15) is 18.4 Å². The first-order valence-electron chi connectivity index (χ1n) is 7.05. The first-order valence-corrected chi connectivity index (χ1v) is 7.93. The number of hydrogen-bond donors (Lipinski definition) is 2. The van der Waals surface area contributed by atoms with Crippen LogP contribution in [0.2, 0.25) is 0 Å². The van der Waals surface area contributed by atoms with E-state index < -0.39 is 0 Å². The molecule has 1 aliphatic rings. The lowest BCUT2D eigenvalue weighted by atomic mass is 10.0. The van der Waals surface area contributed by atoms with Gasteiger partial charge in [0.25, 0.3) is 0 Å². The molecule has 0 bridgehead atoms. The largest absolute Gasteiger partial charge is 0.395 e. The third-order valence-electron chi connectivity index (χ3n) is 3.74. The fourth-order valence-electron chi connectivity index (χ4n) is 2.65. The summed E-state index contributed by atoms with van der Waals surface area (Å²) in [4.78, 5) is 22.7. The van der Waals surface area contributed by atoms with E-state index >= 15 is 0 Å². The molecule has 2 aromatic rings. The number of piperidine rings is 1. The fourth-order valence-corrected chi connectivity index (χ4v) is 3.61. The van der Waals surface area contributed by atoms with Crippen molar-refractivity contribution in [3.63, 3.8) is 0 Å². The molecule has 0 saturated carbocycles. The van der Waals surface area contributed by atoms with E-state index in [0.717, 1.165) is 41.0 Å². The lowest BCUT2D eigenvalue weighted by Crippen LogP contribution is -2.48. The average molecular weight is 306 g/mol. The standard InChI is InChI=1S/C14H18N4O2S/c1-9-7-21-12-11(9)15-8-16-13(12)17-10-3-2-4-18(5-6-19)14(10)20/h7-8,10,19H,2-6H2,1H3,(H,15,16,17). The van der Waals surface area contributed by atoms with Crippen LogP contribution in [0, 0.1) is 6.92 Å². The topological polar surface area (TPSA) is 78.4 Å². The highest BCUT2D eigenvalue weighted by molar-refractivity contribution is 7.18. The van der Waals surface area contributed by atoms with Gasteiger partial charge in [-0.05, 0) is 30.7 Å². The molecule has 1 unspecified atom stereocenters. The zero-order valence-corrected chi connectivity index (χ0v) is 12.7. The number of amides is 1. The molecule has 2 N–H and O–H groups in total. The van der Waals surface area contributed by atoms with E-state index in [1.54, 1.807) is 16.2 Å².